The number of likely N-dealkylation sites (tertiary alicyclic amines) is 1. The number of benzene rings is 1. The Labute approximate surface area is 216 Å². The van der Waals surface area contributed by atoms with Crippen LogP contribution in [0.15, 0.2) is 55.0 Å². The number of aromatic amines is 1. The number of aromatic nitrogens is 4. The number of hydrogen-bond donors (Lipinski definition) is 2. The van der Waals surface area contributed by atoms with Gasteiger partial charge in [0.25, 0.3) is 0 Å². The van der Waals surface area contributed by atoms with Gasteiger partial charge in [0.05, 0.1) is 24.3 Å². The molecule has 3 aromatic heterocycles. The Kier molecular flexibility index (Phi) is 6.98. The highest BCUT2D eigenvalue weighted by Crippen LogP contribution is 2.30. The molecule has 2 fully saturated rings. The molecule has 0 amide bonds. The zero-order valence-corrected chi connectivity index (χ0v) is 21.0. The number of ether oxygens (including phenoxy) is 2. The first kappa shape index (κ1) is 23.8. The third kappa shape index (κ3) is 5.58. The summed E-state index contributed by atoms with van der Waals surface area (Å²) in [5, 5.41) is 1.03. The van der Waals surface area contributed by atoms with E-state index in [0.717, 1.165) is 91.9 Å². The molecular formula is C28H33N7O2. The van der Waals surface area contributed by atoms with Crippen LogP contribution < -0.4 is 15.4 Å². The van der Waals surface area contributed by atoms with Gasteiger partial charge in [-0.3, -0.25) is 9.88 Å². The molecule has 2 aliphatic heterocycles. The van der Waals surface area contributed by atoms with Crippen LogP contribution in [-0.4, -0.2) is 70.3 Å². The highest BCUT2D eigenvalue weighted by Gasteiger charge is 2.18. The predicted molar refractivity (Wildman–Crippen MR) is 143 cm³/mol. The molecular weight excluding hydrogens is 466 g/mol. The molecule has 4 aromatic rings. The van der Waals surface area contributed by atoms with Crippen LogP contribution in [0.5, 0.6) is 5.75 Å². The molecule has 37 heavy (non-hydrogen) atoms. The number of morpholine rings is 1. The molecule has 1 atom stereocenters. The average molecular weight is 500 g/mol. The van der Waals surface area contributed by atoms with Crippen LogP contribution in [0, 0.1) is 0 Å². The maximum Gasteiger partial charge on any atom is 0.143 e. The number of H-pyrrole nitrogens is 1. The zero-order valence-electron chi connectivity index (χ0n) is 21.0. The normalized spacial score (nSPS) is 18.8. The van der Waals surface area contributed by atoms with E-state index in [1.165, 1.54) is 12.0 Å². The maximum atomic E-state index is 6.14. The van der Waals surface area contributed by atoms with Gasteiger partial charge in [0.1, 0.15) is 30.1 Å². The number of pyridine rings is 1. The second kappa shape index (κ2) is 10.8. The molecule has 2 saturated heterocycles. The molecule has 5 heterocycles. The Morgan fingerprint density at radius 2 is 1.89 bits per heavy atom. The van der Waals surface area contributed by atoms with Gasteiger partial charge < -0.3 is 25.1 Å². The molecule has 0 radical (unpaired) electrons. The Bertz CT molecular complexity index is 1330. The number of hydrogen-bond acceptors (Lipinski definition) is 8. The molecule has 1 aromatic carbocycles. The monoisotopic (exact) mass is 499 g/mol. The largest absolute Gasteiger partial charge is 0.487 e. The van der Waals surface area contributed by atoms with Gasteiger partial charge in [0, 0.05) is 44.1 Å². The van der Waals surface area contributed by atoms with Gasteiger partial charge in [-0.05, 0) is 73.0 Å². The van der Waals surface area contributed by atoms with E-state index in [2.05, 4.69) is 60.1 Å². The SMILES string of the molecule is N[C@@H]1CCCN(Cc2ccnc(COc3ccc(-c4cc5c(N6CCOCC6)ncnc5[nH]4)cc3)c2)C1. The number of anilines is 1. The van der Waals surface area contributed by atoms with E-state index in [-0.39, 0.29) is 6.04 Å². The molecule has 6 rings (SSSR count). The minimum atomic E-state index is 0.283. The molecule has 0 unspecified atom stereocenters. The standard InChI is InChI=1S/C28H33N7O2/c29-22-2-1-9-34(17-22)16-20-7-8-30-23(14-20)18-37-24-5-3-21(4-6-24)26-15-25-27(33-26)31-19-32-28(25)35-10-12-36-13-11-35/h3-8,14-15,19,22H,1-2,9-13,16-18,29H2,(H,31,32,33)/t22-/m1/s1. The van der Waals surface area contributed by atoms with Gasteiger partial charge in [0.15, 0.2) is 0 Å². The van der Waals surface area contributed by atoms with Crippen molar-refractivity contribution in [2.45, 2.75) is 32.0 Å². The fourth-order valence-corrected chi connectivity index (χ4v) is 5.20. The maximum absolute atomic E-state index is 6.14. The van der Waals surface area contributed by atoms with Gasteiger partial charge >= 0.3 is 0 Å². The summed E-state index contributed by atoms with van der Waals surface area (Å²) in [6.07, 6.45) is 5.77. The van der Waals surface area contributed by atoms with E-state index in [9.17, 15) is 0 Å². The van der Waals surface area contributed by atoms with Crippen LogP contribution in [0.2, 0.25) is 0 Å². The van der Waals surface area contributed by atoms with Crippen LogP contribution in [-0.2, 0) is 17.9 Å². The molecule has 192 valence electrons. The molecule has 3 N–H and O–H groups in total. The third-order valence-electron chi connectivity index (χ3n) is 7.10. The van der Waals surface area contributed by atoms with E-state index in [0.29, 0.717) is 6.61 Å². The van der Waals surface area contributed by atoms with Crippen LogP contribution in [0.25, 0.3) is 22.3 Å². The highest BCUT2D eigenvalue weighted by molar-refractivity contribution is 5.92. The van der Waals surface area contributed by atoms with Gasteiger partial charge in [0.2, 0.25) is 0 Å². The van der Waals surface area contributed by atoms with E-state index in [1.54, 1.807) is 6.33 Å². The van der Waals surface area contributed by atoms with Crippen molar-refractivity contribution in [1.29, 1.82) is 0 Å². The van der Waals surface area contributed by atoms with Crippen molar-refractivity contribution < 1.29 is 9.47 Å². The lowest BCUT2D eigenvalue weighted by Crippen LogP contribution is -2.42. The second-order valence-corrected chi connectivity index (χ2v) is 9.85. The van der Waals surface area contributed by atoms with Crippen molar-refractivity contribution in [2.24, 2.45) is 5.73 Å². The number of nitrogens with two attached hydrogens (primary N) is 1. The molecule has 9 heteroatoms. The topological polar surface area (TPSA) is 105 Å². The van der Waals surface area contributed by atoms with E-state index >= 15 is 0 Å². The lowest BCUT2D eigenvalue weighted by atomic mass is 10.1. The summed E-state index contributed by atoms with van der Waals surface area (Å²) in [5.41, 5.74) is 11.2. The number of nitrogens with one attached hydrogen (secondary N) is 1. The summed E-state index contributed by atoms with van der Waals surface area (Å²) in [6, 6.07) is 14.7. The summed E-state index contributed by atoms with van der Waals surface area (Å²) >= 11 is 0. The van der Waals surface area contributed by atoms with Gasteiger partial charge in [-0.1, -0.05) is 0 Å². The fourth-order valence-electron chi connectivity index (χ4n) is 5.20. The van der Waals surface area contributed by atoms with E-state index in [1.807, 2.05) is 18.3 Å². The molecule has 2 aliphatic rings. The molecule has 0 bridgehead atoms. The number of piperidine rings is 1. The van der Waals surface area contributed by atoms with E-state index < -0.39 is 0 Å². The van der Waals surface area contributed by atoms with Gasteiger partial charge in [-0.25, -0.2) is 9.97 Å². The molecule has 0 saturated carbocycles. The quantitative estimate of drug-likeness (QED) is 0.399. The first-order valence-electron chi connectivity index (χ1n) is 13.0. The third-order valence-corrected chi connectivity index (χ3v) is 7.10. The van der Waals surface area contributed by atoms with Crippen LogP contribution in [0.4, 0.5) is 5.82 Å². The summed E-state index contributed by atoms with van der Waals surface area (Å²) < 4.78 is 11.5. The van der Waals surface area contributed by atoms with Crippen molar-refractivity contribution in [3.63, 3.8) is 0 Å². The lowest BCUT2D eigenvalue weighted by Gasteiger charge is -2.30. The van der Waals surface area contributed by atoms with Crippen molar-refractivity contribution in [3.05, 3.63) is 66.2 Å². The first-order valence-corrected chi connectivity index (χ1v) is 13.0. The predicted octanol–water partition coefficient (Wildman–Crippen LogP) is 3.36. The smallest absolute Gasteiger partial charge is 0.143 e. The Balaban J connectivity index is 1.11. The Morgan fingerprint density at radius 1 is 1.03 bits per heavy atom. The van der Waals surface area contributed by atoms with Crippen LogP contribution in [0.3, 0.4) is 0 Å². The number of rotatable bonds is 7. The van der Waals surface area contributed by atoms with E-state index in [4.69, 9.17) is 15.2 Å². The fraction of sp³-hybridized carbons (Fsp3) is 0.393. The lowest BCUT2D eigenvalue weighted by molar-refractivity contribution is 0.122. The summed E-state index contributed by atoms with van der Waals surface area (Å²) in [5.74, 6) is 1.76. The summed E-state index contributed by atoms with van der Waals surface area (Å²) in [6.45, 7) is 6.50. The zero-order chi connectivity index (χ0) is 25.0. The summed E-state index contributed by atoms with van der Waals surface area (Å²) in [7, 11) is 0. The van der Waals surface area contributed by atoms with Gasteiger partial charge in [-0.15, -0.1) is 0 Å². The second-order valence-electron chi connectivity index (χ2n) is 9.85. The number of nitrogens with zero attached hydrogens (tertiary/aromatic N) is 5. The Hall–Kier alpha value is -3.53. The van der Waals surface area contributed by atoms with Crippen molar-refractivity contribution in [1.82, 2.24) is 24.8 Å². The molecule has 9 nitrogen and oxygen atoms in total. The van der Waals surface area contributed by atoms with Crippen LogP contribution >= 0.6 is 0 Å². The minimum Gasteiger partial charge on any atom is -0.487 e. The van der Waals surface area contributed by atoms with Crippen molar-refractivity contribution in [2.75, 3.05) is 44.3 Å². The Morgan fingerprint density at radius 3 is 2.73 bits per heavy atom. The van der Waals surface area contributed by atoms with Crippen molar-refractivity contribution >= 4 is 16.9 Å². The highest BCUT2D eigenvalue weighted by atomic mass is 16.5. The average Bonchev–Trinajstić information content (AvgIpc) is 3.38. The minimum absolute atomic E-state index is 0.283. The van der Waals surface area contributed by atoms with Crippen molar-refractivity contribution in [3.8, 4) is 17.0 Å². The van der Waals surface area contributed by atoms with Gasteiger partial charge in [-0.2, -0.15) is 0 Å². The number of fused-ring (bicyclic) bond motifs is 1. The summed E-state index contributed by atoms with van der Waals surface area (Å²) in [4.78, 5) is 21.6. The van der Waals surface area contributed by atoms with Crippen LogP contribution in [0.1, 0.15) is 24.1 Å². The first-order chi connectivity index (χ1) is 18.2. The molecule has 0 spiro atoms. The molecule has 0 aliphatic carbocycles.